The minimum atomic E-state index is -0.956. The highest BCUT2D eigenvalue weighted by Gasteiger charge is 2.38. The van der Waals surface area contributed by atoms with Gasteiger partial charge in [0.15, 0.2) is 0 Å². The molecule has 1 saturated carbocycles. The van der Waals surface area contributed by atoms with E-state index in [0.29, 0.717) is 0 Å². The van der Waals surface area contributed by atoms with Crippen LogP contribution in [0, 0.1) is 11.8 Å². The zero-order chi connectivity index (χ0) is 11.6. The number of hydrogen-bond donors (Lipinski definition) is 3. The van der Waals surface area contributed by atoms with E-state index in [1.807, 2.05) is 0 Å². The van der Waals surface area contributed by atoms with Gasteiger partial charge in [-0.25, -0.2) is 4.79 Å². The third-order valence-corrected chi connectivity index (χ3v) is 2.86. The lowest BCUT2D eigenvalue weighted by Crippen LogP contribution is -2.47. The first-order chi connectivity index (χ1) is 6.93. The number of nitrogens with two attached hydrogens (primary N) is 1. The summed E-state index contributed by atoms with van der Waals surface area (Å²) in [5.74, 6) is -1.48. The Kier molecular flexibility index (Phi) is 3.68. The molecular weight excluding hydrogens is 196 g/mol. The van der Waals surface area contributed by atoms with Crippen LogP contribution in [0.3, 0.4) is 0 Å². The van der Waals surface area contributed by atoms with E-state index < -0.39 is 12.0 Å². The molecule has 0 heterocycles. The van der Waals surface area contributed by atoms with Crippen molar-refractivity contribution in [2.45, 2.75) is 38.8 Å². The smallest absolute Gasteiger partial charge is 0.326 e. The van der Waals surface area contributed by atoms with Crippen LogP contribution in [0.25, 0.3) is 0 Å². The Bertz CT molecular complexity index is 261. The largest absolute Gasteiger partial charge is 0.480 e. The molecule has 0 aromatic heterocycles. The quantitative estimate of drug-likeness (QED) is 0.598. The molecule has 1 fully saturated rings. The van der Waals surface area contributed by atoms with Gasteiger partial charge in [-0.15, -0.1) is 0 Å². The van der Waals surface area contributed by atoms with Gasteiger partial charge < -0.3 is 16.2 Å². The molecule has 3 atom stereocenters. The van der Waals surface area contributed by atoms with Crippen molar-refractivity contribution >= 4 is 11.9 Å². The number of nitrogens with one attached hydrogen (secondary N) is 1. The van der Waals surface area contributed by atoms with Gasteiger partial charge in [0.25, 0.3) is 0 Å². The summed E-state index contributed by atoms with van der Waals surface area (Å²) in [6.07, 6.45) is 1.76. The number of hydrogen-bond acceptors (Lipinski definition) is 3. The van der Waals surface area contributed by atoms with E-state index in [0.717, 1.165) is 12.8 Å². The van der Waals surface area contributed by atoms with Crippen molar-refractivity contribution < 1.29 is 14.7 Å². The molecule has 0 aromatic carbocycles. The molecule has 5 heteroatoms. The lowest BCUT2D eigenvalue weighted by molar-refractivity contribution is -0.143. The van der Waals surface area contributed by atoms with Crippen LogP contribution in [-0.4, -0.2) is 29.1 Å². The summed E-state index contributed by atoms with van der Waals surface area (Å²) in [6.45, 7) is 3.43. The molecule has 0 aromatic rings. The maximum Gasteiger partial charge on any atom is 0.326 e. The topological polar surface area (TPSA) is 92.4 Å². The van der Waals surface area contributed by atoms with E-state index in [9.17, 15) is 9.59 Å². The van der Waals surface area contributed by atoms with Gasteiger partial charge in [0.05, 0.1) is 0 Å². The van der Waals surface area contributed by atoms with Gasteiger partial charge in [-0.1, -0.05) is 6.92 Å². The molecule has 4 N–H and O–H groups in total. The predicted octanol–water partition coefficient (Wildman–Crippen LogP) is -0.0509. The zero-order valence-electron chi connectivity index (χ0n) is 9.06. The van der Waals surface area contributed by atoms with E-state index >= 15 is 0 Å². The fourth-order valence-electron chi connectivity index (χ4n) is 1.33. The Morgan fingerprint density at radius 2 is 1.93 bits per heavy atom. The average molecular weight is 214 g/mol. The third kappa shape index (κ3) is 3.20. The number of rotatable bonds is 5. The van der Waals surface area contributed by atoms with E-state index in [-0.39, 0.29) is 23.8 Å². The van der Waals surface area contributed by atoms with Gasteiger partial charge in [0.2, 0.25) is 5.91 Å². The molecule has 1 rings (SSSR count). The molecule has 0 bridgehead atoms. The Morgan fingerprint density at radius 3 is 2.27 bits per heavy atom. The third-order valence-electron chi connectivity index (χ3n) is 2.86. The highest BCUT2D eigenvalue weighted by Crippen LogP contribution is 2.32. The average Bonchev–Trinajstić information content (AvgIpc) is 2.95. The summed E-state index contributed by atoms with van der Waals surface area (Å²) >= 11 is 0. The summed E-state index contributed by atoms with van der Waals surface area (Å²) in [7, 11) is 0. The lowest BCUT2D eigenvalue weighted by Gasteiger charge is -2.19. The first-order valence-corrected chi connectivity index (χ1v) is 5.22. The fourth-order valence-corrected chi connectivity index (χ4v) is 1.33. The van der Waals surface area contributed by atoms with Crippen LogP contribution in [0.2, 0.25) is 0 Å². The van der Waals surface area contributed by atoms with Gasteiger partial charge in [-0.3, -0.25) is 4.79 Å². The van der Waals surface area contributed by atoms with Gasteiger partial charge in [0.1, 0.15) is 6.04 Å². The van der Waals surface area contributed by atoms with E-state index in [4.69, 9.17) is 10.8 Å². The monoisotopic (exact) mass is 214 g/mol. The molecular formula is C10H18N2O3. The van der Waals surface area contributed by atoms with Gasteiger partial charge in [-0.05, 0) is 25.7 Å². The van der Waals surface area contributed by atoms with Gasteiger partial charge in [0, 0.05) is 12.0 Å². The Labute approximate surface area is 89.0 Å². The van der Waals surface area contributed by atoms with Crippen LogP contribution in [0.15, 0.2) is 0 Å². The van der Waals surface area contributed by atoms with E-state index in [2.05, 4.69) is 5.32 Å². The number of aliphatic carboxylic acids is 1. The predicted molar refractivity (Wildman–Crippen MR) is 55.1 cm³/mol. The maximum atomic E-state index is 11.6. The Morgan fingerprint density at radius 1 is 1.40 bits per heavy atom. The second kappa shape index (κ2) is 4.61. The lowest BCUT2D eigenvalue weighted by atomic mass is 10.0. The molecule has 86 valence electrons. The molecule has 0 radical (unpaired) electrons. The molecule has 1 amide bonds. The molecule has 3 unspecified atom stereocenters. The highest BCUT2D eigenvalue weighted by molar-refractivity contribution is 5.85. The summed E-state index contributed by atoms with van der Waals surface area (Å²) in [6, 6.07) is -1.00. The minimum absolute atomic E-state index is 0.103. The van der Waals surface area contributed by atoms with Crippen molar-refractivity contribution in [2.24, 2.45) is 17.6 Å². The standard InChI is InChI=1S/C10H18N2O3/c1-5(6(2)11)9(13)12-8(10(14)15)7-3-4-7/h5-8H,3-4,11H2,1-2H3,(H,12,13)(H,14,15). The van der Waals surface area contributed by atoms with Crippen LogP contribution in [0.4, 0.5) is 0 Å². The SMILES string of the molecule is CC(N)C(C)C(=O)NC(C(=O)O)C1CC1. The normalized spacial score (nSPS) is 21.5. The summed E-state index contributed by atoms with van der Waals surface area (Å²) in [4.78, 5) is 22.4. The summed E-state index contributed by atoms with van der Waals surface area (Å²) in [5, 5.41) is 11.4. The van der Waals surface area contributed by atoms with Crippen LogP contribution in [0.5, 0.6) is 0 Å². The summed E-state index contributed by atoms with van der Waals surface area (Å²) in [5.41, 5.74) is 5.57. The van der Waals surface area contributed by atoms with Crippen molar-refractivity contribution in [2.75, 3.05) is 0 Å². The second-order valence-corrected chi connectivity index (χ2v) is 4.31. The molecule has 0 saturated heterocycles. The molecule has 15 heavy (non-hydrogen) atoms. The van der Waals surface area contributed by atoms with E-state index in [1.54, 1.807) is 13.8 Å². The van der Waals surface area contributed by atoms with Crippen LogP contribution >= 0.6 is 0 Å². The van der Waals surface area contributed by atoms with Crippen LogP contribution in [0.1, 0.15) is 26.7 Å². The van der Waals surface area contributed by atoms with Crippen LogP contribution in [-0.2, 0) is 9.59 Å². The fraction of sp³-hybridized carbons (Fsp3) is 0.800. The maximum absolute atomic E-state index is 11.6. The molecule has 1 aliphatic carbocycles. The van der Waals surface area contributed by atoms with Crippen molar-refractivity contribution in [1.82, 2.24) is 5.32 Å². The molecule has 0 aliphatic heterocycles. The van der Waals surface area contributed by atoms with Crippen molar-refractivity contribution in [3.63, 3.8) is 0 Å². The molecule has 1 aliphatic rings. The van der Waals surface area contributed by atoms with E-state index in [1.165, 1.54) is 0 Å². The molecule has 0 spiro atoms. The van der Waals surface area contributed by atoms with Crippen molar-refractivity contribution in [3.05, 3.63) is 0 Å². The summed E-state index contributed by atoms with van der Waals surface area (Å²) < 4.78 is 0. The minimum Gasteiger partial charge on any atom is -0.480 e. The highest BCUT2D eigenvalue weighted by atomic mass is 16.4. The van der Waals surface area contributed by atoms with Gasteiger partial charge in [-0.2, -0.15) is 0 Å². The second-order valence-electron chi connectivity index (χ2n) is 4.31. The number of amides is 1. The Balaban J connectivity index is 2.50. The van der Waals surface area contributed by atoms with Crippen molar-refractivity contribution in [3.8, 4) is 0 Å². The number of carboxylic acids is 1. The molecule has 5 nitrogen and oxygen atoms in total. The number of carboxylic acid groups (broad SMARTS) is 1. The first kappa shape index (κ1) is 12.0. The van der Waals surface area contributed by atoms with Gasteiger partial charge >= 0.3 is 5.97 Å². The number of carbonyl (C=O) groups is 2. The first-order valence-electron chi connectivity index (χ1n) is 5.22. The number of carbonyl (C=O) groups excluding carboxylic acids is 1. The van der Waals surface area contributed by atoms with Crippen LogP contribution < -0.4 is 11.1 Å². The Hall–Kier alpha value is -1.10. The van der Waals surface area contributed by atoms with Crippen molar-refractivity contribution in [1.29, 1.82) is 0 Å². The zero-order valence-corrected chi connectivity index (χ0v) is 9.06.